The van der Waals surface area contributed by atoms with Crippen LogP contribution in [0.25, 0.3) is 16.7 Å². The van der Waals surface area contributed by atoms with Gasteiger partial charge in [-0.25, -0.2) is 9.50 Å². The third kappa shape index (κ3) is 4.27. The number of hydrogen-bond acceptors (Lipinski definition) is 4. The van der Waals surface area contributed by atoms with Gasteiger partial charge in [-0.05, 0) is 42.0 Å². The summed E-state index contributed by atoms with van der Waals surface area (Å²) in [6.07, 6.45) is -0.276. The summed E-state index contributed by atoms with van der Waals surface area (Å²) in [4.78, 5) is 29.0. The largest absolute Gasteiger partial charge is 0.481 e. The van der Waals surface area contributed by atoms with E-state index in [9.17, 15) is 14.7 Å². The summed E-state index contributed by atoms with van der Waals surface area (Å²) >= 11 is 0. The number of aromatic nitrogens is 3. The van der Waals surface area contributed by atoms with E-state index in [0.29, 0.717) is 22.7 Å². The number of benzene rings is 3. The Morgan fingerprint density at radius 3 is 2.55 bits per heavy atom. The van der Waals surface area contributed by atoms with Gasteiger partial charge in [0.25, 0.3) is 5.91 Å². The number of amides is 1. The molecule has 0 aliphatic heterocycles. The fourth-order valence-electron chi connectivity index (χ4n) is 3.74. The second kappa shape index (κ2) is 8.51. The highest BCUT2D eigenvalue weighted by Gasteiger charge is 2.21. The summed E-state index contributed by atoms with van der Waals surface area (Å²) in [7, 11) is 0. The minimum Gasteiger partial charge on any atom is -0.481 e. The molecular weight excluding hydrogens is 420 g/mol. The van der Waals surface area contributed by atoms with Gasteiger partial charge in [-0.1, -0.05) is 42.5 Å². The average Bonchev–Trinajstić information content (AvgIpc) is 3.38. The van der Waals surface area contributed by atoms with Crippen LogP contribution in [0.3, 0.4) is 0 Å². The Bertz CT molecular complexity index is 1460. The lowest BCUT2D eigenvalue weighted by atomic mass is 10.0. The van der Waals surface area contributed by atoms with Crippen LogP contribution in [0.15, 0.2) is 84.9 Å². The summed E-state index contributed by atoms with van der Waals surface area (Å²) in [5.74, 6) is -0.240. The molecule has 8 nitrogen and oxygen atoms in total. The van der Waals surface area contributed by atoms with Gasteiger partial charge in [0.2, 0.25) is 0 Å². The highest BCUT2D eigenvalue weighted by molar-refractivity contribution is 5.95. The van der Waals surface area contributed by atoms with Crippen molar-refractivity contribution in [2.45, 2.75) is 12.5 Å². The number of aromatic amines is 1. The third-order valence-corrected chi connectivity index (χ3v) is 5.26. The number of nitrogens with one attached hydrogen (secondary N) is 2. The maximum absolute atomic E-state index is 13.0. The summed E-state index contributed by atoms with van der Waals surface area (Å²) < 4.78 is 7.58. The fraction of sp³-hybridized carbons (Fsp3) is 0.0800. The molecule has 2 aromatic heterocycles. The summed E-state index contributed by atoms with van der Waals surface area (Å²) in [6.45, 7) is 0. The summed E-state index contributed by atoms with van der Waals surface area (Å²) in [6, 6.07) is 24.8. The highest BCUT2D eigenvalue weighted by atomic mass is 16.5. The molecule has 33 heavy (non-hydrogen) atoms. The molecule has 3 aromatic carbocycles. The molecule has 0 bridgehead atoms. The van der Waals surface area contributed by atoms with Crippen molar-refractivity contribution < 1.29 is 19.4 Å². The first-order chi connectivity index (χ1) is 16.1. The van der Waals surface area contributed by atoms with E-state index in [-0.39, 0.29) is 12.1 Å². The second-order valence-electron chi connectivity index (χ2n) is 7.58. The molecule has 164 valence electrons. The van der Waals surface area contributed by atoms with Gasteiger partial charge in [-0.3, -0.25) is 14.7 Å². The van der Waals surface area contributed by atoms with Crippen LogP contribution in [0.2, 0.25) is 0 Å². The SMILES string of the molecule is O=C(O)CC(NC(=O)c1cc2nc3ccccc3n2[nH]1)c1cccc(Oc2ccccc2)c1. The highest BCUT2D eigenvalue weighted by Crippen LogP contribution is 2.26. The van der Waals surface area contributed by atoms with Crippen LogP contribution >= 0.6 is 0 Å². The van der Waals surface area contributed by atoms with Crippen LogP contribution < -0.4 is 10.1 Å². The molecule has 0 saturated carbocycles. The number of carboxylic acid groups (broad SMARTS) is 1. The van der Waals surface area contributed by atoms with Crippen molar-refractivity contribution in [1.29, 1.82) is 0 Å². The zero-order valence-electron chi connectivity index (χ0n) is 17.4. The van der Waals surface area contributed by atoms with E-state index in [1.807, 2.05) is 54.6 Å². The van der Waals surface area contributed by atoms with Crippen molar-refractivity contribution in [2.75, 3.05) is 0 Å². The Labute approximate surface area is 188 Å². The van der Waals surface area contributed by atoms with Gasteiger partial charge in [-0.15, -0.1) is 0 Å². The number of rotatable bonds is 7. The second-order valence-corrected chi connectivity index (χ2v) is 7.58. The van der Waals surface area contributed by atoms with Crippen molar-refractivity contribution in [3.05, 3.63) is 96.2 Å². The average molecular weight is 440 g/mol. The van der Waals surface area contributed by atoms with Crippen LogP contribution in [0, 0.1) is 0 Å². The van der Waals surface area contributed by atoms with Crippen molar-refractivity contribution in [1.82, 2.24) is 19.9 Å². The number of H-pyrrole nitrogens is 1. The first-order valence-electron chi connectivity index (χ1n) is 10.4. The van der Waals surface area contributed by atoms with Crippen molar-refractivity contribution in [2.24, 2.45) is 0 Å². The first kappa shape index (κ1) is 20.3. The Kier molecular flexibility index (Phi) is 5.24. The van der Waals surface area contributed by atoms with E-state index < -0.39 is 17.9 Å². The van der Waals surface area contributed by atoms with Crippen LogP contribution in [-0.2, 0) is 4.79 Å². The van der Waals surface area contributed by atoms with Gasteiger partial charge < -0.3 is 15.2 Å². The normalized spacial score (nSPS) is 12.0. The van der Waals surface area contributed by atoms with Crippen LogP contribution in [0.4, 0.5) is 0 Å². The van der Waals surface area contributed by atoms with Gasteiger partial charge in [0, 0.05) is 6.07 Å². The quantitative estimate of drug-likeness (QED) is 0.344. The number of ether oxygens (including phenoxy) is 1. The molecule has 5 aromatic rings. The predicted octanol–water partition coefficient (Wildman–Crippen LogP) is 4.55. The number of carboxylic acids is 1. The lowest BCUT2D eigenvalue weighted by Crippen LogP contribution is -2.30. The molecule has 2 heterocycles. The van der Waals surface area contributed by atoms with Crippen molar-refractivity contribution in [3.63, 3.8) is 0 Å². The van der Waals surface area contributed by atoms with Crippen molar-refractivity contribution >= 4 is 28.6 Å². The van der Waals surface area contributed by atoms with E-state index in [1.165, 1.54) is 0 Å². The number of nitrogens with zero attached hydrogens (tertiary/aromatic N) is 2. The Hall–Kier alpha value is -4.59. The maximum atomic E-state index is 13.0. The lowest BCUT2D eigenvalue weighted by Gasteiger charge is -2.18. The summed E-state index contributed by atoms with van der Waals surface area (Å²) in [5.41, 5.74) is 3.18. The zero-order chi connectivity index (χ0) is 22.8. The molecule has 8 heteroatoms. The van der Waals surface area contributed by atoms with Crippen LogP contribution in [0.1, 0.15) is 28.5 Å². The molecule has 0 aliphatic carbocycles. The molecule has 0 radical (unpaired) electrons. The Morgan fingerprint density at radius 1 is 0.970 bits per heavy atom. The molecule has 1 unspecified atom stereocenters. The molecule has 1 amide bonds. The van der Waals surface area contributed by atoms with Gasteiger partial charge >= 0.3 is 5.97 Å². The standard InChI is InChI=1S/C25H20N4O4/c30-24(31)15-20(16-7-6-10-18(13-16)33-17-8-2-1-3-9-17)27-25(32)21-14-23-26-19-11-4-5-12-22(19)29(23)28-21/h1-14,20,28H,15H2,(H,27,32)(H,30,31). The molecule has 3 N–H and O–H groups in total. The van der Waals surface area contributed by atoms with Gasteiger partial charge in [0.05, 0.1) is 23.5 Å². The molecule has 0 aliphatic rings. The van der Waals surface area contributed by atoms with Crippen LogP contribution in [0.5, 0.6) is 11.5 Å². The Morgan fingerprint density at radius 2 is 1.73 bits per heavy atom. The van der Waals surface area contributed by atoms with E-state index >= 15 is 0 Å². The molecule has 0 spiro atoms. The third-order valence-electron chi connectivity index (χ3n) is 5.26. The number of para-hydroxylation sites is 3. The lowest BCUT2D eigenvalue weighted by molar-refractivity contribution is -0.137. The van der Waals surface area contributed by atoms with E-state index in [4.69, 9.17) is 4.74 Å². The number of carbonyl (C=O) groups is 2. The number of fused-ring (bicyclic) bond motifs is 3. The van der Waals surface area contributed by atoms with E-state index in [0.717, 1.165) is 11.0 Å². The maximum Gasteiger partial charge on any atom is 0.305 e. The molecular formula is C25H20N4O4. The number of hydrogen-bond donors (Lipinski definition) is 3. The first-order valence-corrected chi connectivity index (χ1v) is 10.4. The van der Waals surface area contributed by atoms with E-state index in [1.54, 1.807) is 34.8 Å². The number of aliphatic carboxylic acids is 1. The fourth-order valence-corrected chi connectivity index (χ4v) is 3.74. The number of imidazole rings is 1. The summed E-state index contributed by atoms with van der Waals surface area (Å²) in [5, 5.41) is 15.3. The van der Waals surface area contributed by atoms with Crippen LogP contribution in [-0.4, -0.2) is 31.6 Å². The molecule has 5 rings (SSSR count). The van der Waals surface area contributed by atoms with Gasteiger partial charge in [0.1, 0.15) is 17.2 Å². The van der Waals surface area contributed by atoms with Gasteiger partial charge in [-0.2, -0.15) is 0 Å². The predicted molar refractivity (Wildman–Crippen MR) is 122 cm³/mol. The zero-order valence-corrected chi connectivity index (χ0v) is 17.4. The van der Waals surface area contributed by atoms with E-state index in [2.05, 4.69) is 15.4 Å². The molecule has 0 fully saturated rings. The van der Waals surface area contributed by atoms with Gasteiger partial charge in [0.15, 0.2) is 5.65 Å². The molecule has 0 saturated heterocycles. The smallest absolute Gasteiger partial charge is 0.305 e. The monoisotopic (exact) mass is 440 g/mol. The number of carbonyl (C=O) groups excluding carboxylic acids is 1. The topological polar surface area (TPSA) is 109 Å². The minimum absolute atomic E-state index is 0.276. The van der Waals surface area contributed by atoms with Crippen molar-refractivity contribution in [3.8, 4) is 11.5 Å². The molecule has 1 atom stereocenters. The Balaban J connectivity index is 1.40. The minimum atomic E-state index is -1.03.